The molecule has 0 bridgehead atoms. The zero-order valence-electron chi connectivity index (χ0n) is 18.9. The standard InChI is InChI=1S/C25H40O5/c1-24-9-7-19(27)17-18(24)3-4-20-21-5-6-23(25(21,2)10-8-22(20)24)30-16-15-29-14-13-28-12-11-26/h17,20-23,26H,3-16H2,1-2H3/t20-,21-,22-,23-,24-,25-/m0/s1. The van der Waals surface area contributed by atoms with Crippen molar-refractivity contribution in [2.75, 3.05) is 39.6 Å². The fraction of sp³-hybridized carbons (Fsp3) is 0.880. The lowest BCUT2D eigenvalue weighted by Gasteiger charge is -2.58. The number of ether oxygens (including phenoxy) is 3. The Bertz CT molecular complexity index is 645. The van der Waals surface area contributed by atoms with Crippen molar-refractivity contribution >= 4 is 5.78 Å². The number of allylic oxidation sites excluding steroid dienone is 1. The minimum atomic E-state index is 0.0568. The number of rotatable bonds is 9. The Morgan fingerprint density at radius 3 is 2.50 bits per heavy atom. The number of fused-ring (bicyclic) bond motifs is 5. The van der Waals surface area contributed by atoms with E-state index in [4.69, 9.17) is 19.3 Å². The lowest BCUT2D eigenvalue weighted by molar-refractivity contribution is -0.119. The number of carbonyl (C=O) groups is 1. The van der Waals surface area contributed by atoms with E-state index >= 15 is 0 Å². The first kappa shape index (κ1) is 22.4. The summed E-state index contributed by atoms with van der Waals surface area (Å²) in [5.74, 6) is 2.63. The van der Waals surface area contributed by atoms with Gasteiger partial charge in [0.05, 0.1) is 45.7 Å². The Balaban J connectivity index is 1.31. The van der Waals surface area contributed by atoms with Crippen LogP contribution in [-0.4, -0.2) is 56.6 Å². The molecule has 0 saturated heterocycles. The van der Waals surface area contributed by atoms with Gasteiger partial charge in [-0.05, 0) is 79.6 Å². The van der Waals surface area contributed by atoms with E-state index in [1.54, 1.807) is 0 Å². The van der Waals surface area contributed by atoms with Crippen molar-refractivity contribution in [2.24, 2.45) is 28.6 Å². The second kappa shape index (κ2) is 9.40. The van der Waals surface area contributed by atoms with Crippen LogP contribution in [0.4, 0.5) is 0 Å². The van der Waals surface area contributed by atoms with E-state index in [0.29, 0.717) is 44.9 Å². The SMILES string of the molecule is C[C@]12CC[C@H]3[C@@H](CCC4=CC(=O)CC[C@@]43C)[C@@H]1CC[C@@H]2OCCOCCOCCO. The van der Waals surface area contributed by atoms with Gasteiger partial charge in [-0.15, -0.1) is 0 Å². The molecule has 5 nitrogen and oxygen atoms in total. The number of ketones is 1. The summed E-state index contributed by atoms with van der Waals surface area (Å²) in [7, 11) is 0. The summed E-state index contributed by atoms with van der Waals surface area (Å²) in [6, 6.07) is 0. The molecule has 1 N–H and O–H groups in total. The van der Waals surface area contributed by atoms with Gasteiger partial charge >= 0.3 is 0 Å². The normalized spacial score (nSPS) is 40.5. The molecule has 30 heavy (non-hydrogen) atoms. The predicted molar refractivity (Wildman–Crippen MR) is 115 cm³/mol. The molecular weight excluding hydrogens is 380 g/mol. The Kier molecular flexibility index (Phi) is 7.03. The average Bonchev–Trinajstić information content (AvgIpc) is 3.07. The summed E-state index contributed by atoms with van der Waals surface area (Å²) < 4.78 is 17.2. The molecule has 0 heterocycles. The van der Waals surface area contributed by atoms with Crippen LogP contribution in [0.25, 0.3) is 0 Å². The van der Waals surface area contributed by atoms with Crippen LogP contribution in [0.15, 0.2) is 11.6 Å². The molecular formula is C25H40O5. The third-order valence-electron chi connectivity index (χ3n) is 9.03. The van der Waals surface area contributed by atoms with E-state index in [1.165, 1.54) is 37.7 Å². The molecule has 0 aromatic heterocycles. The van der Waals surface area contributed by atoms with E-state index in [2.05, 4.69) is 13.8 Å². The van der Waals surface area contributed by atoms with Crippen molar-refractivity contribution in [3.05, 3.63) is 11.6 Å². The first-order valence-corrected chi connectivity index (χ1v) is 12.1. The lowest BCUT2D eigenvalue weighted by atomic mass is 9.47. The van der Waals surface area contributed by atoms with Crippen molar-refractivity contribution in [3.8, 4) is 0 Å². The van der Waals surface area contributed by atoms with E-state index < -0.39 is 0 Å². The van der Waals surface area contributed by atoms with Gasteiger partial charge in [-0.1, -0.05) is 19.4 Å². The van der Waals surface area contributed by atoms with Gasteiger partial charge in [-0.2, -0.15) is 0 Å². The topological polar surface area (TPSA) is 65.0 Å². The Hall–Kier alpha value is -0.750. The minimum Gasteiger partial charge on any atom is -0.394 e. The molecule has 0 spiro atoms. The van der Waals surface area contributed by atoms with E-state index in [0.717, 1.165) is 37.0 Å². The van der Waals surface area contributed by atoms with Crippen molar-refractivity contribution in [3.63, 3.8) is 0 Å². The third kappa shape index (κ3) is 4.15. The molecule has 5 heteroatoms. The molecule has 170 valence electrons. The molecule has 3 fully saturated rings. The average molecular weight is 421 g/mol. The molecule has 4 aliphatic rings. The molecule has 6 atom stereocenters. The number of aliphatic hydroxyl groups is 1. The van der Waals surface area contributed by atoms with Gasteiger partial charge in [0, 0.05) is 6.42 Å². The molecule has 0 amide bonds. The van der Waals surface area contributed by atoms with E-state index in [9.17, 15) is 4.79 Å². The number of hydrogen-bond acceptors (Lipinski definition) is 5. The zero-order valence-corrected chi connectivity index (χ0v) is 18.9. The van der Waals surface area contributed by atoms with Crippen molar-refractivity contribution in [1.29, 1.82) is 0 Å². The van der Waals surface area contributed by atoms with Gasteiger partial charge in [0.1, 0.15) is 0 Å². The molecule has 0 aromatic rings. The largest absolute Gasteiger partial charge is 0.394 e. The highest BCUT2D eigenvalue weighted by molar-refractivity contribution is 5.91. The highest BCUT2D eigenvalue weighted by Gasteiger charge is 2.59. The van der Waals surface area contributed by atoms with E-state index in [-0.39, 0.29) is 17.4 Å². The molecule has 0 radical (unpaired) electrons. The smallest absolute Gasteiger partial charge is 0.155 e. The fourth-order valence-electron chi connectivity index (χ4n) is 7.42. The fourth-order valence-corrected chi connectivity index (χ4v) is 7.42. The second-order valence-electron chi connectivity index (χ2n) is 10.4. The monoisotopic (exact) mass is 420 g/mol. The number of aliphatic hydroxyl groups excluding tert-OH is 1. The number of carbonyl (C=O) groups excluding carboxylic acids is 1. The molecule has 4 rings (SSSR count). The van der Waals surface area contributed by atoms with Crippen LogP contribution in [0.5, 0.6) is 0 Å². The van der Waals surface area contributed by atoms with Crippen LogP contribution in [0, 0.1) is 28.6 Å². The van der Waals surface area contributed by atoms with E-state index in [1.807, 2.05) is 6.08 Å². The van der Waals surface area contributed by atoms with Crippen LogP contribution in [-0.2, 0) is 19.0 Å². The predicted octanol–water partition coefficient (Wildman–Crippen LogP) is 3.93. The van der Waals surface area contributed by atoms with Crippen LogP contribution in [0.3, 0.4) is 0 Å². The summed E-state index contributed by atoms with van der Waals surface area (Å²) in [6.07, 6.45) is 11.5. The van der Waals surface area contributed by atoms with Crippen LogP contribution in [0.2, 0.25) is 0 Å². The summed E-state index contributed by atoms with van der Waals surface area (Å²) in [4.78, 5) is 12.0. The Labute approximate surface area is 181 Å². The maximum absolute atomic E-state index is 12.0. The molecule has 0 aliphatic heterocycles. The van der Waals surface area contributed by atoms with Crippen molar-refractivity contribution in [2.45, 2.75) is 71.3 Å². The quantitative estimate of drug-likeness (QED) is 0.573. The van der Waals surface area contributed by atoms with Gasteiger partial charge in [-0.3, -0.25) is 4.79 Å². The maximum atomic E-state index is 12.0. The Morgan fingerprint density at radius 2 is 1.70 bits per heavy atom. The number of hydrogen-bond donors (Lipinski definition) is 1. The summed E-state index contributed by atoms with van der Waals surface area (Å²) in [6.45, 7) is 7.68. The van der Waals surface area contributed by atoms with Crippen LogP contribution < -0.4 is 0 Å². The van der Waals surface area contributed by atoms with Gasteiger partial charge in [0.2, 0.25) is 0 Å². The first-order chi connectivity index (χ1) is 14.5. The molecule has 0 unspecified atom stereocenters. The zero-order chi connectivity index (χ0) is 21.2. The maximum Gasteiger partial charge on any atom is 0.155 e. The first-order valence-electron chi connectivity index (χ1n) is 12.1. The second-order valence-corrected chi connectivity index (χ2v) is 10.4. The van der Waals surface area contributed by atoms with Gasteiger partial charge < -0.3 is 19.3 Å². The molecule has 4 aliphatic carbocycles. The summed E-state index contributed by atoms with van der Waals surface area (Å²) in [5, 5.41) is 8.70. The lowest BCUT2D eigenvalue weighted by Crippen LogP contribution is -2.51. The highest BCUT2D eigenvalue weighted by atomic mass is 16.5. The Morgan fingerprint density at radius 1 is 0.933 bits per heavy atom. The molecule has 0 aromatic carbocycles. The van der Waals surface area contributed by atoms with Crippen molar-refractivity contribution < 1.29 is 24.1 Å². The summed E-state index contributed by atoms with van der Waals surface area (Å²) in [5.41, 5.74) is 1.99. The van der Waals surface area contributed by atoms with Gasteiger partial charge in [0.15, 0.2) is 5.78 Å². The van der Waals surface area contributed by atoms with Crippen LogP contribution >= 0.6 is 0 Å². The molecule has 3 saturated carbocycles. The highest BCUT2D eigenvalue weighted by Crippen LogP contribution is 2.65. The van der Waals surface area contributed by atoms with Crippen LogP contribution in [0.1, 0.15) is 65.2 Å². The summed E-state index contributed by atoms with van der Waals surface area (Å²) >= 11 is 0. The van der Waals surface area contributed by atoms with Gasteiger partial charge in [0.25, 0.3) is 0 Å². The minimum absolute atomic E-state index is 0.0568. The third-order valence-corrected chi connectivity index (χ3v) is 9.03. The van der Waals surface area contributed by atoms with Crippen molar-refractivity contribution in [1.82, 2.24) is 0 Å². The van der Waals surface area contributed by atoms with Gasteiger partial charge in [-0.25, -0.2) is 0 Å².